The number of halogens is 1. The summed E-state index contributed by atoms with van der Waals surface area (Å²) in [4.78, 5) is 38.6. The summed E-state index contributed by atoms with van der Waals surface area (Å²) < 4.78 is 18.1. The van der Waals surface area contributed by atoms with Gasteiger partial charge in [0.25, 0.3) is 0 Å². The van der Waals surface area contributed by atoms with Crippen LogP contribution < -0.4 is 0 Å². The topological polar surface area (TPSA) is 96.7 Å². The van der Waals surface area contributed by atoms with Crippen molar-refractivity contribution in [3.8, 4) is 16.8 Å². The van der Waals surface area contributed by atoms with Crippen molar-refractivity contribution < 1.29 is 28.6 Å². The summed E-state index contributed by atoms with van der Waals surface area (Å²) in [7, 11) is 2.50. The minimum absolute atomic E-state index is 0.169. The van der Waals surface area contributed by atoms with Crippen molar-refractivity contribution in [1.82, 2.24) is 9.78 Å². The van der Waals surface area contributed by atoms with Gasteiger partial charge in [0.1, 0.15) is 5.69 Å². The molecule has 4 aromatic rings. The highest BCUT2D eigenvalue weighted by Gasteiger charge is 2.36. The van der Waals surface area contributed by atoms with E-state index in [9.17, 15) is 14.4 Å². The molecule has 0 aliphatic heterocycles. The fourth-order valence-electron chi connectivity index (χ4n) is 3.82. The molecule has 0 amide bonds. The third kappa shape index (κ3) is 5.78. The molecule has 9 heteroatoms. The number of methoxy groups -OCH3 is 2. The highest BCUT2D eigenvalue weighted by molar-refractivity contribution is 9.10. The first-order chi connectivity index (χ1) is 17.9. The van der Waals surface area contributed by atoms with Crippen molar-refractivity contribution in [3.63, 3.8) is 0 Å². The van der Waals surface area contributed by atoms with Crippen LogP contribution in [0.4, 0.5) is 0 Å². The smallest absolute Gasteiger partial charge is 0.353 e. The molecule has 0 N–H and O–H groups in total. The molecule has 8 nitrogen and oxygen atoms in total. The lowest BCUT2D eigenvalue weighted by molar-refractivity contribution is -0.151. The molecule has 0 bridgehead atoms. The van der Waals surface area contributed by atoms with Gasteiger partial charge in [-0.3, -0.25) is 4.79 Å². The molecule has 4 rings (SSSR count). The number of aromatic nitrogens is 2. The first-order valence-corrected chi connectivity index (χ1v) is 12.1. The Bertz CT molecular complexity index is 1400. The summed E-state index contributed by atoms with van der Waals surface area (Å²) in [5.41, 5.74) is 2.57. The van der Waals surface area contributed by atoms with Crippen LogP contribution in [0.15, 0.2) is 89.4 Å². The van der Waals surface area contributed by atoms with Crippen LogP contribution in [0.2, 0.25) is 0 Å². The molecule has 188 valence electrons. The third-order valence-electron chi connectivity index (χ3n) is 5.56. The predicted octanol–water partition coefficient (Wildman–Crippen LogP) is 5.09. The van der Waals surface area contributed by atoms with Crippen molar-refractivity contribution >= 4 is 33.8 Å². The van der Waals surface area contributed by atoms with Crippen molar-refractivity contribution in [3.05, 3.63) is 106 Å². The van der Waals surface area contributed by atoms with Crippen LogP contribution >= 0.6 is 15.9 Å². The second kappa shape index (κ2) is 11.7. The molecular weight excluding hydrogens is 540 g/mol. The summed E-state index contributed by atoms with van der Waals surface area (Å²) in [6.45, 7) is 0. The lowest BCUT2D eigenvalue weighted by atomic mass is 9.98. The number of benzene rings is 3. The fourth-order valence-corrected chi connectivity index (χ4v) is 4.09. The quantitative estimate of drug-likeness (QED) is 0.218. The molecule has 0 aliphatic rings. The SMILES string of the molecule is COC(=O)Cc1nn(-c2ccc(Br)cc2)c(C(OC(=O)c2ccccc2)C(=O)OC)c1-c1ccccc1. The van der Waals surface area contributed by atoms with E-state index >= 15 is 0 Å². The summed E-state index contributed by atoms with van der Waals surface area (Å²) in [5.74, 6) is -2.03. The highest BCUT2D eigenvalue weighted by Crippen LogP contribution is 2.37. The Hall–Kier alpha value is -4.24. The van der Waals surface area contributed by atoms with Gasteiger partial charge in [-0.25, -0.2) is 14.3 Å². The van der Waals surface area contributed by atoms with Crippen molar-refractivity contribution in [2.75, 3.05) is 14.2 Å². The monoisotopic (exact) mass is 562 g/mol. The third-order valence-corrected chi connectivity index (χ3v) is 6.09. The van der Waals surface area contributed by atoms with Crippen molar-refractivity contribution in [1.29, 1.82) is 0 Å². The maximum atomic E-state index is 13.1. The van der Waals surface area contributed by atoms with Gasteiger partial charge in [-0.1, -0.05) is 64.5 Å². The molecular formula is C28H23BrN2O6. The molecule has 1 heterocycles. The average Bonchev–Trinajstić information content (AvgIpc) is 3.30. The van der Waals surface area contributed by atoms with Crippen molar-refractivity contribution in [2.45, 2.75) is 12.5 Å². The van der Waals surface area contributed by atoms with E-state index in [1.807, 2.05) is 42.5 Å². The Morgan fingerprint density at radius 2 is 1.49 bits per heavy atom. The Kier molecular flexibility index (Phi) is 8.15. The first kappa shape index (κ1) is 25.8. The van der Waals surface area contributed by atoms with Crippen molar-refractivity contribution in [2.24, 2.45) is 0 Å². The molecule has 1 aromatic heterocycles. The molecule has 0 fully saturated rings. The second-order valence-electron chi connectivity index (χ2n) is 7.89. The number of hydrogen-bond donors (Lipinski definition) is 0. The molecule has 0 saturated heterocycles. The van der Waals surface area contributed by atoms with Crippen LogP contribution in [-0.4, -0.2) is 41.9 Å². The summed E-state index contributed by atoms with van der Waals surface area (Å²) in [6, 6.07) is 24.6. The van der Waals surface area contributed by atoms with Crippen LogP contribution in [0.1, 0.15) is 27.8 Å². The summed E-state index contributed by atoms with van der Waals surface area (Å²) in [6.07, 6.45) is -1.66. The number of hydrogen-bond acceptors (Lipinski definition) is 7. The van der Waals surface area contributed by atoms with Crippen LogP contribution in [0.25, 0.3) is 16.8 Å². The van der Waals surface area contributed by atoms with Gasteiger partial charge in [0.05, 0.1) is 37.6 Å². The maximum absolute atomic E-state index is 13.1. The molecule has 3 aromatic carbocycles. The lowest BCUT2D eigenvalue weighted by Gasteiger charge is -2.19. The van der Waals surface area contributed by atoms with E-state index in [2.05, 4.69) is 15.9 Å². The molecule has 1 atom stereocenters. The maximum Gasteiger partial charge on any atom is 0.353 e. The zero-order chi connectivity index (χ0) is 26.4. The number of esters is 3. The molecule has 0 aliphatic carbocycles. The van der Waals surface area contributed by atoms with Gasteiger partial charge in [0, 0.05) is 10.0 Å². The molecule has 0 spiro atoms. The van der Waals surface area contributed by atoms with Gasteiger partial charge in [0.15, 0.2) is 0 Å². The standard InChI is InChI=1S/C28H23BrN2O6/c1-35-23(32)17-22-24(18-9-5-3-6-10-18)25(31(30-22)21-15-13-20(29)14-16-21)26(28(34)36-2)37-27(33)19-11-7-4-8-12-19/h3-16,26H,17H2,1-2H3. The predicted molar refractivity (Wildman–Crippen MR) is 139 cm³/mol. The van der Waals surface area contributed by atoms with Gasteiger partial charge in [-0.15, -0.1) is 0 Å². The summed E-state index contributed by atoms with van der Waals surface area (Å²) in [5, 5.41) is 4.69. The van der Waals surface area contributed by atoms with Crippen LogP contribution in [-0.2, 0) is 30.2 Å². The van der Waals surface area contributed by atoms with Gasteiger partial charge >= 0.3 is 17.9 Å². The Morgan fingerprint density at radius 3 is 2.08 bits per heavy atom. The average molecular weight is 563 g/mol. The zero-order valence-corrected chi connectivity index (χ0v) is 21.7. The number of ether oxygens (including phenoxy) is 3. The largest absolute Gasteiger partial charge is 0.469 e. The normalized spacial score (nSPS) is 11.4. The minimum atomic E-state index is -1.49. The van der Waals surface area contributed by atoms with Gasteiger partial charge < -0.3 is 14.2 Å². The molecule has 0 radical (unpaired) electrons. The minimum Gasteiger partial charge on any atom is -0.469 e. The molecule has 1 unspecified atom stereocenters. The highest BCUT2D eigenvalue weighted by atomic mass is 79.9. The van der Waals surface area contributed by atoms with Crippen LogP contribution in [0.3, 0.4) is 0 Å². The van der Waals surface area contributed by atoms with E-state index in [1.165, 1.54) is 18.9 Å². The van der Waals surface area contributed by atoms with E-state index in [1.54, 1.807) is 42.5 Å². The van der Waals surface area contributed by atoms with E-state index in [0.29, 0.717) is 22.5 Å². The van der Waals surface area contributed by atoms with Crippen LogP contribution in [0.5, 0.6) is 0 Å². The first-order valence-electron chi connectivity index (χ1n) is 11.3. The zero-order valence-electron chi connectivity index (χ0n) is 20.1. The van der Waals surface area contributed by atoms with Crippen LogP contribution in [0, 0.1) is 0 Å². The molecule has 37 heavy (non-hydrogen) atoms. The second-order valence-corrected chi connectivity index (χ2v) is 8.80. The van der Waals surface area contributed by atoms with Gasteiger partial charge in [0.2, 0.25) is 6.10 Å². The lowest BCUT2D eigenvalue weighted by Crippen LogP contribution is -2.24. The fraction of sp³-hybridized carbons (Fsp3) is 0.143. The Labute approximate surface area is 221 Å². The van der Waals surface area contributed by atoms with Gasteiger partial charge in [-0.05, 0) is 42.0 Å². The van der Waals surface area contributed by atoms with E-state index in [0.717, 1.165) is 4.47 Å². The van der Waals surface area contributed by atoms with Gasteiger partial charge in [-0.2, -0.15) is 5.10 Å². The van der Waals surface area contributed by atoms with E-state index in [4.69, 9.17) is 19.3 Å². The molecule has 0 saturated carbocycles. The van der Waals surface area contributed by atoms with E-state index in [-0.39, 0.29) is 17.7 Å². The Balaban J connectivity index is 1.98. The number of nitrogens with zero attached hydrogens (tertiary/aromatic N) is 2. The van der Waals surface area contributed by atoms with E-state index < -0.39 is 24.0 Å². The Morgan fingerprint density at radius 1 is 0.865 bits per heavy atom. The summed E-state index contributed by atoms with van der Waals surface area (Å²) >= 11 is 3.42. The number of carbonyl (C=O) groups is 3. The number of carbonyl (C=O) groups excluding carboxylic acids is 3. The number of rotatable bonds is 8.